The second kappa shape index (κ2) is 7.31. The normalized spacial score (nSPS) is 13.7. The number of hydrogen-bond donors (Lipinski definition) is 1. The van der Waals surface area contributed by atoms with E-state index in [0.717, 1.165) is 10.7 Å². The number of imidazole rings is 1. The summed E-state index contributed by atoms with van der Waals surface area (Å²) in [5, 5.41) is 0.0164. The van der Waals surface area contributed by atoms with Gasteiger partial charge in [0.25, 0.3) is 10.0 Å². The third-order valence-electron chi connectivity index (χ3n) is 3.34. The van der Waals surface area contributed by atoms with Crippen molar-refractivity contribution < 1.29 is 13.2 Å². The summed E-state index contributed by atoms with van der Waals surface area (Å²) in [4.78, 5) is 5.08. The molecule has 0 amide bonds. The van der Waals surface area contributed by atoms with Gasteiger partial charge in [-0.15, -0.1) is 11.3 Å². The van der Waals surface area contributed by atoms with E-state index in [1.807, 2.05) is 19.9 Å². The van der Waals surface area contributed by atoms with E-state index in [-0.39, 0.29) is 17.5 Å². The summed E-state index contributed by atoms with van der Waals surface area (Å²) in [5.74, 6) is 0.864. The molecule has 0 aromatic carbocycles. The highest BCUT2D eigenvalue weighted by molar-refractivity contribution is 7.89. The van der Waals surface area contributed by atoms with Crippen molar-refractivity contribution in [2.45, 2.75) is 30.9 Å². The average Bonchev–Trinajstić information content (AvgIpc) is 3.06. The number of halogens is 1. The first-order chi connectivity index (χ1) is 10.7. The van der Waals surface area contributed by atoms with Gasteiger partial charge in [0.2, 0.25) is 0 Å². The molecule has 2 aromatic rings. The van der Waals surface area contributed by atoms with Crippen molar-refractivity contribution >= 4 is 33.0 Å². The van der Waals surface area contributed by atoms with Crippen molar-refractivity contribution in [3.05, 3.63) is 33.4 Å². The number of methoxy groups -OCH3 is 1. The highest BCUT2D eigenvalue weighted by Crippen LogP contribution is 2.28. The van der Waals surface area contributed by atoms with Crippen LogP contribution in [0.15, 0.2) is 23.4 Å². The maximum Gasteiger partial charge on any atom is 0.259 e. The summed E-state index contributed by atoms with van der Waals surface area (Å²) in [6.45, 7) is 4.05. The van der Waals surface area contributed by atoms with Gasteiger partial charge in [-0.3, -0.25) is 0 Å². The zero-order valence-corrected chi connectivity index (χ0v) is 15.8. The molecule has 0 aliphatic carbocycles. The van der Waals surface area contributed by atoms with Gasteiger partial charge in [-0.2, -0.15) is 0 Å². The van der Waals surface area contributed by atoms with Crippen molar-refractivity contribution in [2.75, 3.05) is 13.7 Å². The molecule has 0 saturated heterocycles. The topological polar surface area (TPSA) is 73.2 Å². The lowest BCUT2D eigenvalue weighted by Crippen LogP contribution is -2.29. The van der Waals surface area contributed by atoms with Crippen LogP contribution >= 0.6 is 22.9 Å². The van der Waals surface area contributed by atoms with E-state index in [1.54, 1.807) is 17.7 Å². The number of rotatable bonds is 7. The van der Waals surface area contributed by atoms with Crippen molar-refractivity contribution in [1.29, 1.82) is 0 Å². The first kappa shape index (κ1) is 18.4. The highest BCUT2D eigenvalue weighted by Gasteiger charge is 2.23. The summed E-state index contributed by atoms with van der Waals surface area (Å²) < 4.78 is 35.1. The third-order valence-corrected chi connectivity index (χ3v) is 5.95. The van der Waals surface area contributed by atoms with E-state index >= 15 is 0 Å². The Kier molecular flexibility index (Phi) is 5.85. The Morgan fingerprint density at radius 1 is 1.43 bits per heavy atom. The molecule has 2 heterocycles. The van der Waals surface area contributed by atoms with Gasteiger partial charge in [-0.25, -0.2) is 18.1 Å². The summed E-state index contributed by atoms with van der Waals surface area (Å²) in [6, 6.07) is 3.59. The van der Waals surface area contributed by atoms with Gasteiger partial charge in [0, 0.05) is 37.7 Å². The summed E-state index contributed by atoms with van der Waals surface area (Å²) in [6.07, 6.45) is 1.12. The molecule has 1 atom stereocenters. The van der Waals surface area contributed by atoms with Gasteiger partial charge in [0.05, 0.1) is 4.34 Å². The largest absolute Gasteiger partial charge is 0.375 e. The van der Waals surface area contributed by atoms with Gasteiger partial charge in [-0.05, 0) is 12.1 Å². The van der Waals surface area contributed by atoms with Crippen LogP contribution in [0.2, 0.25) is 4.34 Å². The van der Waals surface area contributed by atoms with Crippen LogP contribution in [0.4, 0.5) is 0 Å². The Balaban J connectivity index is 2.13. The molecule has 1 unspecified atom stereocenters. The van der Waals surface area contributed by atoms with Crippen LogP contribution in [0.5, 0.6) is 0 Å². The number of aromatic nitrogens is 2. The van der Waals surface area contributed by atoms with Crippen molar-refractivity contribution in [1.82, 2.24) is 14.3 Å². The molecule has 2 rings (SSSR count). The lowest BCUT2D eigenvalue weighted by atomic mass is 10.2. The quantitative estimate of drug-likeness (QED) is 0.805. The maximum absolute atomic E-state index is 12.4. The molecule has 128 valence electrons. The van der Waals surface area contributed by atoms with E-state index in [2.05, 4.69) is 9.71 Å². The highest BCUT2D eigenvalue weighted by atomic mass is 35.5. The van der Waals surface area contributed by atoms with E-state index in [1.165, 1.54) is 24.6 Å². The van der Waals surface area contributed by atoms with Gasteiger partial charge < -0.3 is 9.30 Å². The number of thiophene rings is 1. The Bertz CT molecular complexity index is 768. The number of nitrogens with zero attached hydrogens (tertiary/aromatic N) is 2. The van der Waals surface area contributed by atoms with Crippen LogP contribution in [-0.4, -0.2) is 31.6 Å². The van der Waals surface area contributed by atoms with Crippen LogP contribution in [-0.2, 0) is 21.8 Å². The predicted molar refractivity (Wildman–Crippen MR) is 91.6 cm³/mol. The summed E-state index contributed by atoms with van der Waals surface area (Å²) >= 11 is 7.27. The van der Waals surface area contributed by atoms with E-state index in [4.69, 9.17) is 16.3 Å². The fraction of sp³-hybridized carbons (Fsp3) is 0.500. The van der Waals surface area contributed by atoms with Gasteiger partial charge in [0.1, 0.15) is 11.9 Å². The minimum absolute atomic E-state index is 0.0164. The van der Waals surface area contributed by atoms with Crippen molar-refractivity contribution in [3.8, 4) is 0 Å². The zero-order chi connectivity index (χ0) is 17.2. The minimum atomic E-state index is -3.69. The Labute approximate surface area is 145 Å². The lowest BCUT2D eigenvalue weighted by Gasteiger charge is -2.14. The molecule has 0 radical (unpaired) electrons. The molecule has 0 saturated carbocycles. The van der Waals surface area contributed by atoms with Crippen LogP contribution in [0.25, 0.3) is 0 Å². The summed E-state index contributed by atoms with van der Waals surface area (Å²) in [7, 11) is -0.375. The maximum atomic E-state index is 12.4. The Morgan fingerprint density at radius 3 is 2.61 bits per heavy atom. The number of sulfonamides is 1. The molecule has 2 aromatic heterocycles. The van der Waals surface area contributed by atoms with Crippen LogP contribution in [0.1, 0.15) is 36.6 Å². The fourth-order valence-electron chi connectivity index (χ4n) is 2.18. The standard InChI is InChI=1S/C14H20ClN3O3S2/c1-9(2)14-17-13(8-18(14)3)23(19,20)16-7-10(21-4)11-5-6-12(15)22-11/h5-6,8-10,16H,7H2,1-4H3. The summed E-state index contributed by atoms with van der Waals surface area (Å²) in [5.41, 5.74) is 0. The molecule has 0 fully saturated rings. The minimum Gasteiger partial charge on any atom is -0.375 e. The first-order valence-corrected chi connectivity index (χ1v) is 9.73. The lowest BCUT2D eigenvalue weighted by molar-refractivity contribution is 0.110. The van der Waals surface area contributed by atoms with Crippen LogP contribution < -0.4 is 4.72 Å². The molecule has 9 heteroatoms. The average molecular weight is 378 g/mol. The smallest absolute Gasteiger partial charge is 0.259 e. The second-order valence-electron chi connectivity index (χ2n) is 5.42. The predicted octanol–water partition coefficient (Wildman–Crippen LogP) is 2.92. The molecule has 1 N–H and O–H groups in total. The molecular formula is C14H20ClN3O3S2. The molecule has 0 bridgehead atoms. The molecule has 23 heavy (non-hydrogen) atoms. The number of hydrogen-bond acceptors (Lipinski definition) is 5. The molecule has 0 aliphatic rings. The Morgan fingerprint density at radius 2 is 2.13 bits per heavy atom. The fourth-order valence-corrected chi connectivity index (χ4v) is 4.35. The van der Waals surface area contributed by atoms with Crippen molar-refractivity contribution in [3.63, 3.8) is 0 Å². The molecular weight excluding hydrogens is 358 g/mol. The van der Waals surface area contributed by atoms with E-state index in [9.17, 15) is 8.42 Å². The number of aryl methyl sites for hydroxylation is 1. The number of ether oxygens (including phenoxy) is 1. The second-order valence-corrected chi connectivity index (χ2v) is 8.88. The third kappa shape index (κ3) is 4.33. The van der Waals surface area contributed by atoms with E-state index in [0.29, 0.717) is 4.34 Å². The molecule has 6 nitrogen and oxygen atoms in total. The SMILES string of the molecule is COC(CNS(=O)(=O)c1cn(C)c(C(C)C)n1)c1ccc(Cl)s1. The van der Waals surface area contributed by atoms with Gasteiger partial charge in [0.15, 0.2) is 5.03 Å². The monoisotopic (exact) mass is 377 g/mol. The molecule has 0 spiro atoms. The zero-order valence-electron chi connectivity index (χ0n) is 13.4. The van der Waals surface area contributed by atoms with Crippen LogP contribution in [0, 0.1) is 0 Å². The van der Waals surface area contributed by atoms with E-state index < -0.39 is 16.1 Å². The van der Waals surface area contributed by atoms with Gasteiger partial charge in [-0.1, -0.05) is 25.4 Å². The first-order valence-electron chi connectivity index (χ1n) is 7.05. The Hall–Kier alpha value is -0.930. The molecule has 0 aliphatic heterocycles. The van der Waals surface area contributed by atoms with Gasteiger partial charge >= 0.3 is 0 Å². The van der Waals surface area contributed by atoms with Crippen LogP contribution in [0.3, 0.4) is 0 Å². The van der Waals surface area contributed by atoms with Crippen molar-refractivity contribution in [2.24, 2.45) is 7.05 Å². The number of nitrogens with one attached hydrogen (secondary N) is 1.